The van der Waals surface area contributed by atoms with Crippen LogP contribution < -0.4 is 5.73 Å². The van der Waals surface area contributed by atoms with Crippen molar-refractivity contribution in [3.8, 4) is 11.5 Å². The molecule has 0 aliphatic heterocycles. The van der Waals surface area contributed by atoms with E-state index in [1.54, 1.807) is 37.3 Å². The van der Waals surface area contributed by atoms with Gasteiger partial charge in [-0.05, 0) is 48.9 Å². The number of oxazole rings is 1. The van der Waals surface area contributed by atoms with E-state index in [9.17, 15) is 13.2 Å². The van der Waals surface area contributed by atoms with Crippen LogP contribution in [0.2, 0.25) is 0 Å². The van der Waals surface area contributed by atoms with Crippen LogP contribution in [-0.2, 0) is 22.1 Å². The number of aryl methyl sites for hydroxylation is 1. The van der Waals surface area contributed by atoms with Crippen molar-refractivity contribution in [1.82, 2.24) is 4.98 Å². The van der Waals surface area contributed by atoms with Crippen molar-refractivity contribution in [1.29, 1.82) is 0 Å². The lowest BCUT2D eigenvalue weighted by atomic mass is 10.1. The molecule has 8 heteroatoms. The van der Waals surface area contributed by atoms with E-state index in [1.807, 2.05) is 0 Å². The van der Waals surface area contributed by atoms with Crippen molar-refractivity contribution in [2.45, 2.75) is 24.1 Å². The molecule has 1 heterocycles. The smallest absolute Gasteiger partial charge is 0.335 e. The van der Waals surface area contributed by atoms with Crippen molar-refractivity contribution in [2.24, 2.45) is 5.73 Å². The topological polar surface area (TPSA) is 123 Å². The third-order valence-electron chi connectivity index (χ3n) is 4.09. The van der Waals surface area contributed by atoms with Gasteiger partial charge in [-0.1, -0.05) is 12.1 Å². The summed E-state index contributed by atoms with van der Waals surface area (Å²) in [5, 5.41) is 8.95. The highest BCUT2D eigenvalue weighted by molar-refractivity contribution is 7.90. The minimum atomic E-state index is -3.61. The third-order valence-corrected chi connectivity index (χ3v) is 5.72. The molecule has 3 rings (SSSR count). The monoisotopic (exact) mass is 386 g/mol. The summed E-state index contributed by atoms with van der Waals surface area (Å²) in [6.07, 6.45) is 0. The predicted molar refractivity (Wildman–Crippen MR) is 98.9 cm³/mol. The maximum absolute atomic E-state index is 12.7. The first-order chi connectivity index (χ1) is 12.8. The number of hydrogen-bond acceptors (Lipinski definition) is 6. The molecule has 0 unspecified atom stereocenters. The zero-order valence-corrected chi connectivity index (χ0v) is 15.4. The highest BCUT2D eigenvalue weighted by atomic mass is 32.2. The summed E-state index contributed by atoms with van der Waals surface area (Å²) in [6, 6.07) is 12.5. The molecule has 2 aromatic carbocycles. The minimum absolute atomic E-state index is 0.143. The Kier molecular flexibility index (Phi) is 5.11. The second kappa shape index (κ2) is 7.34. The maximum Gasteiger partial charge on any atom is 0.335 e. The molecule has 0 atom stereocenters. The van der Waals surface area contributed by atoms with Crippen molar-refractivity contribution in [3.63, 3.8) is 0 Å². The van der Waals surface area contributed by atoms with Crippen molar-refractivity contribution >= 4 is 15.8 Å². The molecule has 0 amide bonds. The summed E-state index contributed by atoms with van der Waals surface area (Å²) < 4.78 is 31.0. The SMILES string of the molecule is Cc1oc(-c2ccc(C(=O)O)cc2)nc1CS(=O)(=O)c1cccc(CN)c1. The number of carbonyl (C=O) groups is 1. The van der Waals surface area contributed by atoms with E-state index in [0.29, 0.717) is 17.0 Å². The normalized spacial score (nSPS) is 11.5. The van der Waals surface area contributed by atoms with Gasteiger partial charge in [0.2, 0.25) is 5.89 Å². The van der Waals surface area contributed by atoms with Gasteiger partial charge in [0.25, 0.3) is 0 Å². The molecule has 7 nitrogen and oxygen atoms in total. The Morgan fingerprint density at radius 1 is 1.19 bits per heavy atom. The van der Waals surface area contributed by atoms with Crippen LogP contribution in [-0.4, -0.2) is 24.5 Å². The Labute approximate surface area is 156 Å². The first kappa shape index (κ1) is 18.8. The molecule has 0 bridgehead atoms. The molecule has 0 aliphatic carbocycles. The van der Waals surface area contributed by atoms with Gasteiger partial charge in [-0.15, -0.1) is 0 Å². The fourth-order valence-electron chi connectivity index (χ4n) is 2.57. The number of rotatable bonds is 6. The van der Waals surface area contributed by atoms with E-state index in [4.69, 9.17) is 15.3 Å². The molecule has 140 valence electrons. The Morgan fingerprint density at radius 3 is 2.52 bits per heavy atom. The van der Waals surface area contributed by atoms with E-state index in [-0.39, 0.29) is 28.6 Å². The predicted octanol–water partition coefficient (Wildman–Crippen LogP) is 2.78. The highest BCUT2D eigenvalue weighted by Gasteiger charge is 2.21. The van der Waals surface area contributed by atoms with Crippen LogP contribution in [0, 0.1) is 6.92 Å². The van der Waals surface area contributed by atoms with E-state index in [0.717, 1.165) is 5.56 Å². The highest BCUT2D eigenvalue weighted by Crippen LogP contribution is 2.25. The van der Waals surface area contributed by atoms with Gasteiger partial charge in [0.05, 0.1) is 16.2 Å². The first-order valence-electron chi connectivity index (χ1n) is 8.12. The van der Waals surface area contributed by atoms with Crippen LogP contribution in [0.25, 0.3) is 11.5 Å². The lowest BCUT2D eigenvalue weighted by molar-refractivity contribution is 0.0697. The molecule has 3 N–H and O–H groups in total. The molecular weight excluding hydrogens is 368 g/mol. The van der Waals surface area contributed by atoms with Crippen LogP contribution in [0.3, 0.4) is 0 Å². The van der Waals surface area contributed by atoms with Crippen LogP contribution in [0.1, 0.15) is 27.4 Å². The largest absolute Gasteiger partial charge is 0.478 e. The molecule has 0 fully saturated rings. The summed E-state index contributed by atoms with van der Waals surface area (Å²) >= 11 is 0. The fraction of sp³-hybridized carbons (Fsp3) is 0.158. The molecule has 3 aromatic rings. The van der Waals surface area contributed by atoms with Crippen LogP contribution >= 0.6 is 0 Å². The third kappa shape index (κ3) is 4.07. The zero-order valence-electron chi connectivity index (χ0n) is 14.5. The number of aromatic nitrogens is 1. The fourth-order valence-corrected chi connectivity index (χ4v) is 3.98. The summed E-state index contributed by atoms with van der Waals surface area (Å²) in [5.74, 6) is -0.698. The second-order valence-corrected chi connectivity index (χ2v) is 8.00. The Hall–Kier alpha value is -2.97. The number of benzene rings is 2. The van der Waals surface area contributed by atoms with Gasteiger partial charge in [-0.3, -0.25) is 0 Å². The van der Waals surface area contributed by atoms with E-state index in [2.05, 4.69) is 4.98 Å². The molecular formula is C19H18N2O5S. The van der Waals surface area contributed by atoms with Gasteiger partial charge < -0.3 is 15.3 Å². The van der Waals surface area contributed by atoms with Gasteiger partial charge >= 0.3 is 5.97 Å². The average molecular weight is 386 g/mol. The van der Waals surface area contributed by atoms with Crippen molar-refractivity contribution < 1.29 is 22.7 Å². The summed E-state index contributed by atoms with van der Waals surface area (Å²) in [7, 11) is -3.61. The summed E-state index contributed by atoms with van der Waals surface area (Å²) in [6.45, 7) is 1.89. The number of hydrogen-bond donors (Lipinski definition) is 2. The van der Waals surface area contributed by atoms with Crippen LogP contribution in [0.5, 0.6) is 0 Å². The lowest BCUT2D eigenvalue weighted by Gasteiger charge is -2.05. The zero-order chi connectivity index (χ0) is 19.6. The first-order valence-corrected chi connectivity index (χ1v) is 9.77. The van der Waals surface area contributed by atoms with E-state index < -0.39 is 15.8 Å². The van der Waals surface area contributed by atoms with Crippen molar-refractivity contribution in [2.75, 3.05) is 0 Å². The maximum atomic E-state index is 12.7. The number of carboxylic acids is 1. The van der Waals surface area contributed by atoms with E-state index in [1.165, 1.54) is 18.2 Å². The quantitative estimate of drug-likeness (QED) is 0.667. The van der Waals surface area contributed by atoms with Gasteiger partial charge in [0.15, 0.2) is 9.84 Å². The number of nitrogens with two attached hydrogens (primary N) is 1. The molecule has 1 aromatic heterocycles. The standard InChI is InChI=1S/C19H18N2O5S/c1-12-17(11-27(24,25)16-4-2-3-13(9-16)10-20)21-18(26-12)14-5-7-15(8-6-14)19(22)23/h2-9H,10-11,20H2,1H3,(H,22,23). The van der Waals surface area contributed by atoms with Crippen molar-refractivity contribution in [3.05, 3.63) is 71.1 Å². The Balaban J connectivity index is 1.89. The molecule has 0 saturated carbocycles. The van der Waals surface area contributed by atoms with Gasteiger partial charge in [0, 0.05) is 12.1 Å². The van der Waals surface area contributed by atoms with Crippen LogP contribution in [0.15, 0.2) is 57.8 Å². The van der Waals surface area contributed by atoms with Gasteiger partial charge in [0.1, 0.15) is 11.5 Å². The number of nitrogens with zero attached hydrogens (tertiary/aromatic N) is 1. The Morgan fingerprint density at radius 2 is 1.89 bits per heavy atom. The average Bonchev–Trinajstić information content (AvgIpc) is 3.01. The van der Waals surface area contributed by atoms with Gasteiger partial charge in [-0.2, -0.15) is 0 Å². The minimum Gasteiger partial charge on any atom is -0.478 e. The lowest BCUT2D eigenvalue weighted by Crippen LogP contribution is -2.07. The van der Waals surface area contributed by atoms with E-state index >= 15 is 0 Å². The molecule has 0 saturated heterocycles. The molecule has 27 heavy (non-hydrogen) atoms. The molecule has 0 radical (unpaired) electrons. The molecule has 0 aliphatic rings. The number of aromatic carboxylic acids is 1. The second-order valence-electron chi connectivity index (χ2n) is 6.02. The summed E-state index contributed by atoms with van der Waals surface area (Å²) in [4.78, 5) is 15.4. The molecule has 0 spiro atoms. The van der Waals surface area contributed by atoms with Gasteiger partial charge in [-0.25, -0.2) is 18.2 Å². The van der Waals surface area contributed by atoms with Crippen LogP contribution in [0.4, 0.5) is 0 Å². The number of sulfone groups is 1. The Bertz CT molecular complexity index is 1090. The number of carboxylic acid groups (broad SMARTS) is 1. The summed E-state index contributed by atoms with van der Waals surface area (Å²) in [5.41, 5.74) is 7.33.